The zero-order valence-electron chi connectivity index (χ0n) is 11.6. The van der Waals surface area contributed by atoms with E-state index in [-0.39, 0.29) is 6.61 Å². The Hall–Kier alpha value is -1.78. The number of esters is 1. The van der Waals surface area contributed by atoms with Gasteiger partial charge in [0.15, 0.2) is 0 Å². The van der Waals surface area contributed by atoms with Crippen molar-refractivity contribution in [2.75, 3.05) is 6.61 Å². The Bertz CT molecular complexity index is 485. The summed E-state index contributed by atoms with van der Waals surface area (Å²) in [5.41, 5.74) is -0.561. The highest BCUT2D eigenvalue weighted by Gasteiger charge is 2.30. The van der Waals surface area contributed by atoms with Gasteiger partial charge in [-0.05, 0) is 24.6 Å². The number of halogens is 3. The Morgan fingerprint density at radius 1 is 1.15 bits per heavy atom. The van der Waals surface area contributed by atoms with Gasteiger partial charge in [0.05, 0.1) is 12.2 Å². The van der Waals surface area contributed by atoms with Gasteiger partial charge < -0.3 is 4.74 Å². The predicted molar refractivity (Wildman–Crippen MR) is 70.2 cm³/mol. The van der Waals surface area contributed by atoms with Crippen LogP contribution in [0.5, 0.6) is 0 Å². The van der Waals surface area contributed by atoms with Gasteiger partial charge >= 0.3 is 12.1 Å². The Kier molecular flexibility index (Phi) is 4.98. The topological polar surface area (TPSA) is 26.3 Å². The molecule has 0 fully saturated rings. The van der Waals surface area contributed by atoms with Gasteiger partial charge in [0.2, 0.25) is 0 Å². The monoisotopic (exact) mass is 286 g/mol. The van der Waals surface area contributed by atoms with Gasteiger partial charge in [0.1, 0.15) is 0 Å². The highest BCUT2D eigenvalue weighted by molar-refractivity contribution is 5.82. The largest absolute Gasteiger partial charge is 0.463 e. The lowest BCUT2D eigenvalue weighted by Crippen LogP contribution is -2.15. The SMILES string of the molecule is CCOC(=O)C=CC(C)(C)c1ccc(C(F)(F)F)cc1. The van der Waals surface area contributed by atoms with Crippen LogP contribution in [0.4, 0.5) is 13.2 Å². The highest BCUT2D eigenvalue weighted by atomic mass is 19.4. The maximum Gasteiger partial charge on any atom is 0.416 e. The van der Waals surface area contributed by atoms with Gasteiger partial charge in [-0.2, -0.15) is 13.2 Å². The molecule has 0 atom stereocenters. The van der Waals surface area contributed by atoms with E-state index in [2.05, 4.69) is 0 Å². The van der Waals surface area contributed by atoms with Gasteiger partial charge in [0, 0.05) is 11.5 Å². The van der Waals surface area contributed by atoms with Gasteiger partial charge in [-0.25, -0.2) is 4.79 Å². The first kappa shape index (κ1) is 16.3. The van der Waals surface area contributed by atoms with Crippen LogP contribution >= 0.6 is 0 Å². The second-order valence-corrected chi connectivity index (χ2v) is 4.88. The highest BCUT2D eigenvalue weighted by Crippen LogP contribution is 2.31. The van der Waals surface area contributed by atoms with Crippen LogP contribution in [-0.2, 0) is 21.1 Å². The number of ether oxygens (including phenoxy) is 1. The molecular formula is C15H17F3O2. The lowest BCUT2D eigenvalue weighted by atomic mass is 9.84. The van der Waals surface area contributed by atoms with Crippen molar-refractivity contribution in [1.29, 1.82) is 0 Å². The third kappa shape index (κ3) is 4.40. The van der Waals surface area contributed by atoms with Crippen molar-refractivity contribution in [3.63, 3.8) is 0 Å². The lowest BCUT2D eigenvalue weighted by Gasteiger charge is -2.21. The zero-order chi connectivity index (χ0) is 15.4. The summed E-state index contributed by atoms with van der Waals surface area (Å²) in [6.45, 7) is 5.60. The van der Waals surface area contributed by atoms with Crippen molar-refractivity contribution >= 4 is 5.97 Å². The van der Waals surface area contributed by atoms with E-state index in [0.717, 1.165) is 12.1 Å². The Balaban J connectivity index is 2.90. The molecule has 0 unspecified atom stereocenters. The van der Waals surface area contributed by atoms with E-state index in [1.54, 1.807) is 13.0 Å². The van der Waals surface area contributed by atoms with Crippen LogP contribution in [0.2, 0.25) is 0 Å². The Labute approximate surface area is 116 Å². The van der Waals surface area contributed by atoms with Crippen LogP contribution < -0.4 is 0 Å². The normalized spacial score (nSPS) is 12.7. The summed E-state index contributed by atoms with van der Waals surface area (Å²) in [6, 6.07) is 4.90. The van der Waals surface area contributed by atoms with Gasteiger partial charge in [-0.3, -0.25) is 0 Å². The molecule has 1 rings (SSSR count). The van der Waals surface area contributed by atoms with Crippen LogP contribution in [0, 0.1) is 0 Å². The van der Waals surface area contributed by atoms with Crippen LogP contribution in [0.25, 0.3) is 0 Å². The van der Waals surface area contributed by atoms with Gasteiger partial charge in [-0.1, -0.05) is 32.1 Å². The number of allylic oxidation sites excluding steroid dienone is 1. The molecule has 0 amide bonds. The molecule has 0 aromatic heterocycles. The smallest absolute Gasteiger partial charge is 0.416 e. The average molecular weight is 286 g/mol. The van der Waals surface area contributed by atoms with E-state index in [4.69, 9.17) is 4.74 Å². The maximum atomic E-state index is 12.5. The summed E-state index contributed by atoms with van der Waals surface area (Å²) in [7, 11) is 0. The second-order valence-electron chi connectivity index (χ2n) is 4.88. The van der Waals surface area contributed by atoms with E-state index < -0.39 is 23.1 Å². The maximum absolute atomic E-state index is 12.5. The minimum absolute atomic E-state index is 0.282. The summed E-state index contributed by atoms with van der Waals surface area (Å²) >= 11 is 0. The molecule has 1 aromatic carbocycles. The molecule has 0 radical (unpaired) electrons. The van der Waals surface area contributed by atoms with E-state index in [1.807, 2.05) is 13.8 Å². The third-order valence-corrected chi connectivity index (χ3v) is 2.88. The molecule has 0 N–H and O–H groups in total. The number of benzene rings is 1. The van der Waals surface area contributed by atoms with Crippen molar-refractivity contribution < 1.29 is 22.7 Å². The van der Waals surface area contributed by atoms with Crippen molar-refractivity contribution in [3.05, 3.63) is 47.5 Å². The minimum Gasteiger partial charge on any atom is -0.463 e. The molecule has 0 spiro atoms. The average Bonchev–Trinajstić information content (AvgIpc) is 2.36. The van der Waals surface area contributed by atoms with Crippen LogP contribution in [0.15, 0.2) is 36.4 Å². The van der Waals surface area contributed by atoms with E-state index >= 15 is 0 Å². The van der Waals surface area contributed by atoms with Crippen molar-refractivity contribution in [1.82, 2.24) is 0 Å². The molecule has 0 saturated carbocycles. The van der Waals surface area contributed by atoms with Gasteiger partial charge in [-0.15, -0.1) is 0 Å². The molecule has 2 nitrogen and oxygen atoms in total. The van der Waals surface area contributed by atoms with Gasteiger partial charge in [0.25, 0.3) is 0 Å². The summed E-state index contributed by atoms with van der Waals surface area (Å²) in [6.07, 6.45) is -1.43. The lowest BCUT2D eigenvalue weighted by molar-refractivity contribution is -0.138. The van der Waals surface area contributed by atoms with Crippen molar-refractivity contribution in [3.8, 4) is 0 Å². The van der Waals surface area contributed by atoms with E-state index in [0.29, 0.717) is 5.56 Å². The fourth-order valence-corrected chi connectivity index (χ4v) is 1.65. The molecule has 110 valence electrons. The number of carbonyl (C=O) groups excluding carboxylic acids is 1. The third-order valence-electron chi connectivity index (χ3n) is 2.88. The zero-order valence-corrected chi connectivity index (χ0v) is 11.6. The number of hydrogen-bond acceptors (Lipinski definition) is 2. The van der Waals surface area contributed by atoms with Crippen LogP contribution in [0.3, 0.4) is 0 Å². The molecule has 0 aliphatic carbocycles. The fraction of sp³-hybridized carbons (Fsp3) is 0.400. The summed E-state index contributed by atoms with van der Waals surface area (Å²) in [5.74, 6) is -0.465. The standard InChI is InChI=1S/C15H17F3O2/c1-4-20-13(19)9-10-14(2,3)11-5-7-12(8-6-11)15(16,17)18/h5-10H,4H2,1-3H3. The molecular weight excluding hydrogens is 269 g/mol. The van der Waals surface area contributed by atoms with E-state index in [9.17, 15) is 18.0 Å². The summed E-state index contributed by atoms with van der Waals surface area (Å²) < 4.78 is 42.2. The van der Waals surface area contributed by atoms with Crippen LogP contribution in [0.1, 0.15) is 31.9 Å². The molecule has 0 bridgehead atoms. The number of hydrogen-bond donors (Lipinski definition) is 0. The molecule has 0 aliphatic heterocycles. The number of rotatable bonds is 4. The Morgan fingerprint density at radius 2 is 1.65 bits per heavy atom. The first-order valence-electron chi connectivity index (χ1n) is 6.20. The Morgan fingerprint density at radius 3 is 2.10 bits per heavy atom. The van der Waals surface area contributed by atoms with Crippen LogP contribution in [-0.4, -0.2) is 12.6 Å². The number of carbonyl (C=O) groups is 1. The number of alkyl halides is 3. The molecule has 0 aliphatic rings. The minimum atomic E-state index is -4.34. The first-order chi connectivity index (χ1) is 9.16. The summed E-state index contributed by atoms with van der Waals surface area (Å²) in [4.78, 5) is 11.2. The van der Waals surface area contributed by atoms with Crippen molar-refractivity contribution in [2.24, 2.45) is 0 Å². The molecule has 5 heteroatoms. The predicted octanol–water partition coefficient (Wildman–Crippen LogP) is 4.10. The molecule has 0 heterocycles. The molecule has 20 heavy (non-hydrogen) atoms. The van der Waals surface area contributed by atoms with Crippen molar-refractivity contribution in [2.45, 2.75) is 32.4 Å². The summed E-state index contributed by atoms with van der Waals surface area (Å²) in [5, 5.41) is 0. The first-order valence-corrected chi connectivity index (χ1v) is 6.20. The fourth-order valence-electron chi connectivity index (χ4n) is 1.65. The van der Waals surface area contributed by atoms with E-state index in [1.165, 1.54) is 18.2 Å². The quantitative estimate of drug-likeness (QED) is 0.615. The molecule has 0 saturated heterocycles. The molecule has 1 aromatic rings. The second kappa shape index (κ2) is 6.11.